The zero-order valence-electron chi connectivity index (χ0n) is 13.2. The smallest absolute Gasteiger partial charge is 0.244 e. The summed E-state index contributed by atoms with van der Waals surface area (Å²) in [4.78, 5) is 25.8. The molecule has 0 aliphatic heterocycles. The van der Waals surface area contributed by atoms with Crippen LogP contribution in [-0.2, 0) is 9.59 Å². The molecule has 1 aliphatic rings. The highest BCUT2D eigenvalue weighted by Crippen LogP contribution is 2.23. The summed E-state index contributed by atoms with van der Waals surface area (Å²) in [5, 5.41) is 2.87. The number of benzene rings is 1. The first-order valence-electron chi connectivity index (χ1n) is 7.80. The average molecular weight is 367 g/mol. The molecule has 5 heteroatoms. The van der Waals surface area contributed by atoms with Crippen LogP contribution in [0.1, 0.15) is 44.6 Å². The Labute approximate surface area is 140 Å². The second kappa shape index (κ2) is 7.77. The van der Waals surface area contributed by atoms with Gasteiger partial charge in [0.25, 0.3) is 0 Å². The van der Waals surface area contributed by atoms with Crippen molar-refractivity contribution in [3.05, 3.63) is 28.2 Å². The van der Waals surface area contributed by atoms with E-state index in [0.717, 1.165) is 41.4 Å². The Hall–Kier alpha value is -1.36. The summed E-state index contributed by atoms with van der Waals surface area (Å²) in [5.41, 5.74) is 1.86. The van der Waals surface area contributed by atoms with Crippen LogP contribution in [0.3, 0.4) is 0 Å². The Morgan fingerprint density at radius 3 is 2.55 bits per heavy atom. The zero-order valence-corrected chi connectivity index (χ0v) is 14.8. The van der Waals surface area contributed by atoms with Gasteiger partial charge in [-0.05, 0) is 37.5 Å². The highest BCUT2D eigenvalue weighted by Gasteiger charge is 2.25. The molecule has 22 heavy (non-hydrogen) atoms. The molecule has 0 atom stereocenters. The molecule has 120 valence electrons. The van der Waals surface area contributed by atoms with Gasteiger partial charge in [0.1, 0.15) is 6.54 Å². The Morgan fingerprint density at radius 2 is 1.95 bits per heavy atom. The van der Waals surface area contributed by atoms with Gasteiger partial charge in [-0.25, -0.2) is 0 Å². The van der Waals surface area contributed by atoms with E-state index in [9.17, 15) is 9.59 Å². The summed E-state index contributed by atoms with van der Waals surface area (Å²) in [5.74, 6) is -0.163. The molecule has 0 heterocycles. The van der Waals surface area contributed by atoms with Gasteiger partial charge in [-0.15, -0.1) is 0 Å². The van der Waals surface area contributed by atoms with Crippen LogP contribution in [0.4, 0.5) is 5.69 Å². The van der Waals surface area contributed by atoms with E-state index >= 15 is 0 Å². The second-order valence-corrected chi connectivity index (χ2v) is 6.81. The molecule has 0 unspecified atom stereocenters. The molecule has 2 amide bonds. The quantitative estimate of drug-likeness (QED) is 0.878. The zero-order chi connectivity index (χ0) is 16.1. The lowest BCUT2D eigenvalue weighted by Crippen LogP contribution is -2.44. The SMILES string of the molecule is CC(=O)N(CC(=O)Nc1ccc(C)c(Br)c1)C1CCCCC1. The monoisotopic (exact) mass is 366 g/mol. The highest BCUT2D eigenvalue weighted by atomic mass is 79.9. The number of anilines is 1. The van der Waals surface area contributed by atoms with Crippen molar-refractivity contribution in [1.82, 2.24) is 4.90 Å². The van der Waals surface area contributed by atoms with Gasteiger partial charge in [0.05, 0.1) is 0 Å². The minimum Gasteiger partial charge on any atom is -0.331 e. The van der Waals surface area contributed by atoms with Crippen LogP contribution in [0.25, 0.3) is 0 Å². The van der Waals surface area contributed by atoms with Crippen molar-refractivity contribution in [2.75, 3.05) is 11.9 Å². The maximum Gasteiger partial charge on any atom is 0.244 e. The van der Waals surface area contributed by atoms with Crippen molar-refractivity contribution in [2.45, 2.75) is 52.0 Å². The Balaban J connectivity index is 1.98. The number of hydrogen-bond acceptors (Lipinski definition) is 2. The summed E-state index contributed by atoms with van der Waals surface area (Å²) in [6.45, 7) is 3.67. The van der Waals surface area contributed by atoms with E-state index in [1.165, 1.54) is 6.42 Å². The number of nitrogens with one attached hydrogen (secondary N) is 1. The lowest BCUT2D eigenvalue weighted by Gasteiger charge is -2.33. The van der Waals surface area contributed by atoms with Crippen LogP contribution in [0, 0.1) is 6.92 Å². The topological polar surface area (TPSA) is 49.4 Å². The highest BCUT2D eigenvalue weighted by molar-refractivity contribution is 9.10. The minimum atomic E-state index is -0.142. The fraction of sp³-hybridized carbons (Fsp3) is 0.529. The van der Waals surface area contributed by atoms with Gasteiger partial charge >= 0.3 is 0 Å². The van der Waals surface area contributed by atoms with Gasteiger partial charge in [-0.3, -0.25) is 9.59 Å². The molecule has 2 rings (SSSR count). The molecular formula is C17H23BrN2O2. The third-order valence-corrected chi connectivity index (χ3v) is 5.04. The molecule has 1 aliphatic carbocycles. The summed E-state index contributed by atoms with van der Waals surface area (Å²) in [6.07, 6.45) is 5.51. The number of rotatable bonds is 4. The number of carbonyl (C=O) groups excluding carboxylic acids is 2. The number of halogens is 1. The van der Waals surface area contributed by atoms with Crippen molar-refractivity contribution in [1.29, 1.82) is 0 Å². The number of aryl methyl sites for hydroxylation is 1. The van der Waals surface area contributed by atoms with Crippen molar-refractivity contribution < 1.29 is 9.59 Å². The van der Waals surface area contributed by atoms with Crippen LogP contribution in [-0.4, -0.2) is 29.3 Å². The molecule has 1 aromatic carbocycles. The molecule has 4 nitrogen and oxygen atoms in total. The fourth-order valence-electron chi connectivity index (χ4n) is 2.92. The normalized spacial score (nSPS) is 15.4. The van der Waals surface area contributed by atoms with E-state index in [4.69, 9.17) is 0 Å². The molecule has 0 saturated heterocycles. The van der Waals surface area contributed by atoms with Crippen LogP contribution >= 0.6 is 15.9 Å². The first kappa shape index (κ1) is 17.0. The van der Waals surface area contributed by atoms with Crippen molar-refractivity contribution in [3.8, 4) is 0 Å². The van der Waals surface area contributed by atoms with E-state index in [1.807, 2.05) is 25.1 Å². The van der Waals surface area contributed by atoms with Gasteiger partial charge in [-0.1, -0.05) is 41.3 Å². The van der Waals surface area contributed by atoms with Gasteiger partial charge in [-0.2, -0.15) is 0 Å². The average Bonchev–Trinajstić information content (AvgIpc) is 2.49. The van der Waals surface area contributed by atoms with Crippen LogP contribution in [0.5, 0.6) is 0 Å². The number of carbonyl (C=O) groups is 2. The van der Waals surface area contributed by atoms with E-state index in [-0.39, 0.29) is 24.4 Å². The summed E-state index contributed by atoms with van der Waals surface area (Å²) in [6, 6.07) is 5.91. The van der Waals surface area contributed by atoms with E-state index in [2.05, 4.69) is 21.2 Å². The predicted octanol–water partition coefficient (Wildman–Crippen LogP) is 3.88. The predicted molar refractivity (Wildman–Crippen MR) is 91.8 cm³/mol. The third-order valence-electron chi connectivity index (χ3n) is 4.19. The van der Waals surface area contributed by atoms with Gasteiger partial charge in [0.15, 0.2) is 0 Å². The molecular weight excluding hydrogens is 344 g/mol. The molecule has 1 N–H and O–H groups in total. The van der Waals surface area contributed by atoms with E-state index < -0.39 is 0 Å². The van der Waals surface area contributed by atoms with Crippen LogP contribution in [0.2, 0.25) is 0 Å². The van der Waals surface area contributed by atoms with Gasteiger partial charge in [0, 0.05) is 23.1 Å². The first-order valence-corrected chi connectivity index (χ1v) is 8.60. The van der Waals surface area contributed by atoms with Gasteiger partial charge in [0.2, 0.25) is 11.8 Å². The molecule has 1 fully saturated rings. The molecule has 0 bridgehead atoms. The lowest BCUT2D eigenvalue weighted by molar-refractivity contribution is -0.135. The van der Waals surface area contributed by atoms with E-state index in [1.54, 1.807) is 11.8 Å². The summed E-state index contributed by atoms with van der Waals surface area (Å²) in [7, 11) is 0. The summed E-state index contributed by atoms with van der Waals surface area (Å²) >= 11 is 3.46. The van der Waals surface area contributed by atoms with Crippen molar-refractivity contribution in [3.63, 3.8) is 0 Å². The standard InChI is InChI=1S/C17H23BrN2O2/c1-12-8-9-14(10-16(12)18)19-17(22)11-20(13(2)21)15-6-4-3-5-7-15/h8-10,15H,3-7,11H2,1-2H3,(H,19,22). The fourth-order valence-corrected chi connectivity index (χ4v) is 3.29. The minimum absolute atomic E-state index is 0.0212. The summed E-state index contributed by atoms with van der Waals surface area (Å²) < 4.78 is 0.959. The molecule has 0 aromatic heterocycles. The molecule has 1 aromatic rings. The lowest BCUT2D eigenvalue weighted by atomic mass is 9.94. The van der Waals surface area contributed by atoms with Crippen LogP contribution in [0.15, 0.2) is 22.7 Å². The third kappa shape index (κ3) is 4.57. The van der Waals surface area contributed by atoms with Gasteiger partial charge < -0.3 is 10.2 Å². The Bertz CT molecular complexity index is 554. The van der Waals surface area contributed by atoms with Crippen molar-refractivity contribution >= 4 is 33.4 Å². The first-order chi connectivity index (χ1) is 10.5. The molecule has 1 saturated carbocycles. The van der Waals surface area contributed by atoms with Crippen LogP contribution < -0.4 is 5.32 Å². The maximum absolute atomic E-state index is 12.2. The molecule has 0 radical (unpaired) electrons. The largest absolute Gasteiger partial charge is 0.331 e. The molecule has 0 spiro atoms. The second-order valence-electron chi connectivity index (χ2n) is 5.95. The van der Waals surface area contributed by atoms with Crippen molar-refractivity contribution in [2.24, 2.45) is 0 Å². The number of amides is 2. The number of hydrogen-bond donors (Lipinski definition) is 1. The van der Waals surface area contributed by atoms with E-state index in [0.29, 0.717) is 0 Å². The maximum atomic E-state index is 12.2. The Morgan fingerprint density at radius 1 is 1.27 bits per heavy atom. The Kier molecular flexibility index (Phi) is 6.00. The number of nitrogens with zero attached hydrogens (tertiary/aromatic N) is 1.